The molecule has 1 rings (SSSR count). The molecule has 0 radical (unpaired) electrons. The number of aryl methyl sites for hydroxylation is 1. The first-order valence-corrected chi connectivity index (χ1v) is 7.47. The smallest absolute Gasteiger partial charge is 0.261 e. The third kappa shape index (κ3) is 4.75. The van der Waals surface area contributed by atoms with Gasteiger partial charge in [0.1, 0.15) is 0 Å². The molecule has 1 N–H and O–H groups in total. The third-order valence-electron chi connectivity index (χ3n) is 2.42. The summed E-state index contributed by atoms with van der Waals surface area (Å²) >= 11 is 0. The second kappa shape index (κ2) is 6.02. The number of rotatable bonds is 6. The fraction of sp³-hybridized carbons (Fsp3) is 0.364. The van der Waals surface area contributed by atoms with Crippen LogP contribution in [0.2, 0.25) is 0 Å². The van der Waals surface area contributed by atoms with Crippen LogP contribution in [0, 0.1) is 0 Å². The Morgan fingerprint density at radius 2 is 1.94 bits per heavy atom. The zero-order valence-electron chi connectivity index (χ0n) is 9.39. The van der Waals surface area contributed by atoms with E-state index in [2.05, 4.69) is 5.32 Å². The number of halogens is 1. The molecule has 0 heterocycles. The summed E-state index contributed by atoms with van der Waals surface area (Å²) in [5, 5.41) is 2.65. The Balaban J connectivity index is 2.60. The summed E-state index contributed by atoms with van der Waals surface area (Å²) in [5.41, 5.74) is 1.01. The predicted molar refractivity (Wildman–Crippen MR) is 66.5 cm³/mol. The van der Waals surface area contributed by atoms with Crippen LogP contribution in [0.5, 0.6) is 0 Å². The van der Waals surface area contributed by atoms with Gasteiger partial charge >= 0.3 is 0 Å². The van der Waals surface area contributed by atoms with Crippen LogP contribution < -0.4 is 5.32 Å². The molecule has 0 saturated carbocycles. The number of nitrogens with one attached hydrogen (secondary N) is 1. The van der Waals surface area contributed by atoms with Crippen molar-refractivity contribution in [2.24, 2.45) is 0 Å². The van der Waals surface area contributed by atoms with Gasteiger partial charge < -0.3 is 5.32 Å². The highest BCUT2D eigenvalue weighted by Gasteiger charge is 2.09. The Labute approximate surface area is 105 Å². The topological polar surface area (TPSA) is 63.2 Å². The summed E-state index contributed by atoms with van der Waals surface area (Å²) in [5.74, 6) is 0. The Bertz CT molecular complexity index is 470. The molecule has 1 atom stereocenters. The van der Waals surface area contributed by atoms with Gasteiger partial charge in [-0.15, -0.1) is 0 Å². The predicted octanol–water partition coefficient (Wildman–Crippen LogP) is 1.68. The van der Waals surface area contributed by atoms with Crippen molar-refractivity contribution in [1.29, 1.82) is 0 Å². The maximum atomic E-state index is 11.0. The molecule has 0 saturated heterocycles. The Kier molecular flexibility index (Phi) is 4.96. The minimum atomic E-state index is -3.65. The molecule has 1 unspecified atom stereocenters. The van der Waals surface area contributed by atoms with E-state index in [1.807, 2.05) is 6.92 Å². The van der Waals surface area contributed by atoms with Gasteiger partial charge in [-0.25, -0.2) is 8.42 Å². The molecule has 94 valence electrons. The molecule has 4 nitrogen and oxygen atoms in total. The lowest BCUT2D eigenvalue weighted by Crippen LogP contribution is -2.24. The molecule has 0 fully saturated rings. The number of carbonyl (C=O) groups is 1. The van der Waals surface area contributed by atoms with Crippen LogP contribution >= 0.6 is 10.7 Å². The lowest BCUT2D eigenvalue weighted by atomic mass is 10.1. The Hall–Kier alpha value is -1.07. The fourth-order valence-electron chi connectivity index (χ4n) is 1.40. The summed E-state index contributed by atoms with van der Waals surface area (Å²) in [6.45, 7) is 1.91. The number of amides is 1. The van der Waals surface area contributed by atoms with Gasteiger partial charge in [-0.05, 0) is 37.5 Å². The summed E-state index contributed by atoms with van der Waals surface area (Å²) in [4.78, 5) is 10.3. The van der Waals surface area contributed by atoms with E-state index in [1.165, 1.54) is 12.1 Å². The molecule has 0 bridgehead atoms. The van der Waals surface area contributed by atoms with Crippen LogP contribution in [0.25, 0.3) is 0 Å². The van der Waals surface area contributed by atoms with E-state index in [4.69, 9.17) is 10.7 Å². The van der Waals surface area contributed by atoms with Crippen molar-refractivity contribution in [3.63, 3.8) is 0 Å². The third-order valence-corrected chi connectivity index (χ3v) is 3.79. The lowest BCUT2D eigenvalue weighted by molar-refractivity contribution is -0.110. The second-order valence-electron chi connectivity index (χ2n) is 3.81. The molecule has 1 amide bonds. The average Bonchev–Trinajstić information content (AvgIpc) is 2.26. The highest BCUT2D eigenvalue weighted by Crippen LogP contribution is 2.16. The van der Waals surface area contributed by atoms with Gasteiger partial charge in [0.25, 0.3) is 9.05 Å². The zero-order valence-corrected chi connectivity index (χ0v) is 11.0. The highest BCUT2D eigenvalue weighted by atomic mass is 35.7. The van der Waals surface area contributed by atoms with Gasteiger partial charge in [-0.1, -0.05) is 12.1 Å². The second-order valence-corrected chi connectivity index (χ2v) is 6.37. The SMILES string of the molecule is CC(CCc1ccc(S(=O)(=O)Cl)cc1)NC=O. The van der Waals surface area contributed by atoms with Gasteiger partial charge in [0.05, 0.1) is 4.90 Å². The molecular formula is C11H14ClNO3S. The maximum absolute atomic E-state index is 11.0. The molecule has 0 spiro atoms. The monoisotopic (exact) mass is 275 g/mol. The molecule has 0 aromatic heterocycles. The minimum Gasteiger partial charge on any atom is -0.356 e. The van der Waals surface area contributed by atoms with Crippen LogP contribution in [-0.2, 0) is 20.3 Å². The van der Waals surface area contributed by atoms with E-state index in [9.17, 15) is 13.2 Å². The van der Waals surface area contributed by atoms with Crippen molar-refractivity contribution in [2.45, 2.75) is 30.7 Å². The zero-order chi connectivity index (χ0) is 12.9. The Morgan fingerprint density at radius 1 is 1.35 bits per heavy atom. The molecule has 6 heteroatoms. The molecule has 17 heavy (non-hydrogen) atoms. The van der Waals surface area contributed by atoms with Crippen LogP contribution in [0.1, 0.15) is 18.9 Å². The van der Waals surface area contributed by atoms with Crippen LogP contribution in [0.4, 0.5) is 0 Å². The largest absolute Gasteiger partial charge is 0.356 e. The first-order chi connectivity index (χ1) is 7.93. The van der Waals surface area contributed by atoms with E-state index >= 15 is 0 Å². The van der Waals surface area contributed by atoms with Crippen molar-refractivity contribution in [3.05, 3.63) is 29.8 Å². The van der Waals surface area contributed by atoms with Gasteiger partial charge in [-0.3, -0.25) is 4.79 Å². The molecular weight excluding hydrogens is 262 g/mol. The summed E-state index contributed by atoms with van der Waals surface area (Å²) in [7, 11) is 1.56. The van der Waals surface area contributed by atoms with Crippen LogP contribution in [0.15, 0.2) is 29.2 Å². The van der Waals surface area contributed by atoms with Crippen molar-refractivity contribution in [3.8, 4) is 0 Å². The van der Waals surface area contributed by atoms with Crippen LogP contribution in [0.3, 0.4) is 0 Å². The van der Waals surface area contributed by atoms with E-state index < -0.39 is 9.05 Å². The summed E-state index contributed by atoms with van der Waals surface area (Å²) < 4.78 is 22.0. The lowest BCUT2D eigenvalue weighted by Gasteiger charge is -2.09. The molecule has 0 aliphatic carbocycles. The number of carbonyl (C=O) groups excluding carboxylic acids is 1. The number of benzene rings is 1. The number of hydrogen-bond acceptors (Lipinski definition) is 3. The first kappa shape index (κ1) is 14.0. The highest BCUT2D eigenvalue weighted by molar-refractivity contribution is 8.13. The standard InChI is InChI=1S/C11H14ClNO3S/c1-9(13-8-14)2-3-10-4-6-11(7-5-10)17(12,15)16/h4-9H,2-3H2,1H3,(H,13,14). The number of hydrogen-bond donors (Lipinski definition) is 1. The van der Waals surface area contributed by atoms with E-state index in [1.54, 1.807) is 12.1 Å². The molecule has 0 aliphatic rings. The van der Waals surface area contributed by atoms with Crippen molar-refractivity contribution in [1.82, 2.24) is 5.32 Å². The summed E-state index contributed by atoms with van der Waals surface area (Å²) in [6, 6.07) is 6.51. The minimum absolute atomic E-state index is 0.0991. The van der Waals surface area contributed by atoms with Crippen molar-refractivity contribution in [2.75, 3.05) is 0 Å². The summed E-state index contributed by atoms with van der Waals surface area (Å²) in [6.07, 6.45) is 2.24. The molecule has 0 aliphatic heterocycles. The van der Waals surface area contributed by atoms with Gasteiger partial charge in [0.2, 0.25) is 6.41 Å². The first-order valence-electron chi connectivity index (χ1n) is 5.17. The van der Waals surface area contributed by atoms with E-state index in [-0.39, 0.29) is 10.9 Å². The van der Waals surface area contributed by atoms with E-state index in [0.29, 0.717) is 6.41 Å². The average molecular weight is 276 g/mol. The van der Waals surface area contributed by atoms with Crippen LogP contribution in [-0.4, -0.2) is 20.9 Å². The Morgan fingerprint density at radius 3 is 2.41 bits per heavy atom. The van der Waals surface area contributed by atoms with Crippen molar-refractivity contribution >= 4 is 26.1 Å². The van der Waals surface area contributed by atoms with Gasteiger partial charge in [0, 0.05) is 16.7 Å². The quantitative estimate of drug-likeness (QED) is 0.635. The van der Waals surface area contributed by atoms with Gasteiger partial charge in [-0.2, -0.15) is 0 Å². The maximum Gasteiger partial charge on any atom is 0.261 e. The van der Waals surface area contributed by atoms with E-state index in [0.717, 1.165) is 18.4 Å². The van der Waals surface area contributed by atoms with Crippen molar-refractivity contribution < 1.29 is 13.2 Å². The molecule has 1 aromatic rings. The normalized spacial score (nSPS) is 13.1. The van der Waals surface area contributed by atoms with Gasteiger partial charge in [0.15, 0.2) is 0 Å². The fourth-order valence-corrected chi connectivity index (χ4v) is 2.17. The molecule has 1 aromatic carbocycles.